The summed E-state index contributed by atoms with van der Waals surface area (Å²) in [6.07, 6.45) is 0. The number of carbonyl (C=O) groups excluding carboxylic acids is 1. The SMILES string of the molecule is COc1ccc(C(C)(c2ccccc2)c2ccc(OC(=O)CO)cc2)cc1. The Labute approximate surface area is 159 Å². The van der Waals surface area contributed by atoms with E-state index in [1.54, 1.807) is 19.2 Å². The molecule has 0 aliphatic carbocycles. The molecule has 0 saturated heterocycles. The fourth-order valence-electron chi connectivity index (χ4n) is 3.22. The predicted octanol–water partition coefficient (Wildman–Crippen LogP) is 3.95. The van der Waals surface area contributed by atoms with Gasteiger partial charge in [-0.05, 0) is 47.9 Å². The molecule has 138 valence electrons. The Morgan fingerprint density at radius 3 is 1.78 bits per heavy atom. The molecular formula is C23H22O4. The quantitative estimate of drug-likeness (QED) is 0.410. The first-order valence-electron chi connectivity index (χ1n) is 8.70. The topological polar surface area (TPSA) is 55.8 Å². The van der Waals surface area contributed by atoms with Gasteiger partial charge in [0.05, 0.1) is 7.11 Å². The van der Waals surface area contributed by atoms with E-state index in [1.807, 2.05) is 42.5 Å². The van der Waals surface area contributed by atoms with Crippen molar-refractivity contribution in [1.29, 1.82) is 0 Å². The van der Waals surface area contributed by atoms with Crippen molar-refractivity contribution in [3.8, 4) is 11.5 Å². The van der Waals surface area contributed by atoms with Gasteiger partial charge in [0.15, 0.2) is 0 Å². The van der Waals surface area contributed by atoms with E-state index < -0.39 is 18.0 Å². The number of aliphatic hydroxyl groups is 1. The maximum Gasteiger partial charge on any atom is 0.337 e. The molecule has 1 N–H and O–H groups in total. The van der Waals surface area contributed by atoms with E-state index in [9.17, 15) is 4.79 Å². The summed E-state index contributed by atoms with van der Waals surface area (Å²) in [5.74, 6) is 0.534. The molecule has 3 rings (SSSR count). The van der Waals surface area contributed by atoms with Crippen molar-refractivity contribution in [3.63, 3.8) is 0 Å². The van der Waals surface area contributed by atoms with Crippen LogP contribution >= 0.6 is 0 Å². The highest BCUT2D eigenvalue weighted by Crippen LogP contribution is 2.39. The lowest BCUT2D eigenvalue weighted by molar-refractivity contribution is -0.137. The molecule has 0 amide bonds. The summed E-state index contributed by atoms with van der Waals surface area (Å²) in [6.45, 7) is 1.52. The Hall–Kier alpha value is -3.11. The summed E-state index contributed by atoms with van der Waals surface area (Å²) in [5.41, 5.74) is 2.93. The van der Waals surface area contributed by atoms with Gasteiger partial charge in [-0.1, -0.05) is 54.6 Å². The van der Waals surface area contributed by atoms with Gasteiger partial charge < -0.3 is 14.6 Å². The average Bonchev–Trinajstić information content (AvgIpc) is 2.74. The second kappa shape index (κ2) is 8.06. The molecule has 0 aliphatic rings. The normalized spacial score (nSPS) is 12.9. The molecule has 0 spiro atoms. The Balaban J connectivity index is 2.06. The van der Waals surface area contributed by atoms with E-state index in [2.05, 4.69) is 31.2 Å². The summed E-state index contributed by atoms with van der Waals surface area (Å²) < 4.78 is 10.4. The number of rotatable bonds is 6. The summed E-state index contributed by atoms with van der Waals surface area (Å²) >= 11 is 0. The molecule has 0 bridgehead atoms. The highest BCUT2D eigenvalue weighted by atomic mass is 16.5. The summed E-state index contributed by atoms with van der Waals surface area (Å²) in [6, 6.07) is 25.6. The van der Waals surface area contributed by atoms with Crippen molar-refractivity contribution in [2.24, 2.45) is 0 Å². The zero-order valence-electron chi connectivity index (χ0n) is 15.4. The van der Waals surface area contributed by atoms with Gasteiger partial charge in [0, 0.05) is 5.41 Å². The Morgan fingerprint density at radius 2 is 1.30 bits per heavy atom. The number of aliphatic hydroxyl groups excluding tert-OH is 1. The van der Waals surface area contributed by atoms with Crippen LogP contribution in [0.5, 0.6) is 11.5 Å². The molecule has 0 heterocycles. The minimum absolute atomic E-state index is 0.396. The van der Waals surface area contributed by atoms with Gasteiger partial charge in [0.1, 0.15) is 18.1 Å². The zero-order valence-corrected chi connectivity index (χ0v) is 15.4. The first-order chi connectivity index (χ1) is 13.1. The molecule has 4 nitrogen and oxygen atoms in total. The van der Waals surface area contributed by atoms with Gasteiger partial charge in [-0.3, -0.25) is 0 Å². The minimum atomic E-state index is -0.677. The van der Waals surface area contributed by atoms with Crippen LogP contribution in [0.4, 0.5) is 0 Å². The molecule has 27 heavy (non-hydrogen) atoms. The van der Waals surface area contributed by atoms with Crippen molar-refractivity contribution in [3.05, 3.63) is 95.6 Å². The Morgan fingerprint density at radius 1 is 0.815 bits per heavy atom. The van der Waals surface area contributed by atoms with Crippen LogP contribution in [-0.2, 0) is 10.2 Å². The van der Waals surface area contributed by atoms with Crippen LogP contribution in [0.3, 0.4) is 0 Å². The van der Waals surface area contributed by atoms with Crippen LogP contribution in [0, 0.1) is 0 Å². The first kappa shape index (κ1) is 18.7. The van der Waals surface area contributed by atoms with Crippen molar-refractivity contribution < 1.29 is 19.4 Å². The van der Waals surface area contributed by atoms with Gasteiger partial charge in [0.25, 0.3) is 0 Å². The van der Waals surface area contributed by atoms with Crippen LogP contribution in [0.1, 0.15) is 23.6 Å². The fraction of sp³-hybridized carbons (Fsp3) is 0.174. The maximum atomic E-state index is 11.3. The van der Waals surface area contributed by atoms with Gasteiger partial charge in [-0.25, -0.2) is 4.79 Å². The molecule has 0 radical (unpaired) electrons. The highest BCUT2D eigenvalue weighted by Gasteiger charge is 2.31. The minimum Gasteiger partial charge on any atom is -0.497 e. The maximum absolute atomic E-state index is 11.3. The van der Waals surface area contributed by atoms with Crippen LogP contribution in [0.2, 0.25) is 0 Å². The number of hydrogen-bond acceptors (Lipinski definition) is 4. The van der Waals surface area contributed by atoms with Crippen molar-refractivity contribution in [2.75, 3.05) is 13.7 Å². The summed E-state index contributed by atoms with van der Waals surface area (Å²) in [7, 11) is 1.65. The van der Waals surface area contributed by atoms with Gasteiger partial charge in [0.2, 0.25) is 0 Å². The van der Waals surface area contributed by atoms with Gasteiger partial charge >= 0.3 is 5.97 Å². The van der Waals surface area contributed by atoms with Gasteiger partial charge in [-0.15, -0.1) is 0 Å². The summed E-state index contributed by atoms with van der Waals surface area (Å²) in [5, 5.41) is 8.84. The number of methoxy groups -OCH3 is 1. The highest BCUT2D eigenvalue weighted by molar-refractivity contribution is 5.73. The average molecular weight is 362 g/mol. The molecule has 3 aromatic carbocycles. The van der Waals surface area contributed by atoms with Crippen molar-refractivity contribution in [2.45, 2.75) is 12.3 Å². The first-order valence-corrected chi connectivity index (χ1v) is 8.70. The van der Waals surface area contributed by atoms with E-state index in [1.165, 1.54) is 0 Å². The fourth-order valence-corrected chi connectivity index (χ4v) is 3.22. The van der Waals surface area contributed by atoms with E-state index in [0.29, 0.717) is 5.75 Å². The van der Waals surface area contributed by atoms with Crippen LogP contribution in [-0.4, -0.2) is 24.8 Å². The molecule has 4 heteroatoms. The molecule has 0 aliphatic heterocycles. The van der Waals surface area contributed by atoms with E-state index in [0.717, 1.165) is 22.4 Å². The molecular weight excluding hydrogens is 340 g/mol. The zero-order chi connectivity index (χ0) is 19.3. The van der Waals surface area contributed by atoms with Gasteiger partial charge in [-0.2, -0.15) is 0 Å². The van der Waals surface area contributed by atoms with E-state index in [-0.39, 0.29) is 0 Å². The third-order valence-electron chi connectivity index (χ3n) is 4.81. The molecule has 0 saturated carbocycles. The monoisotopic (exact) mass is 362 g/mol. The lowest BCUT2D eigenvalue weighted by Gasteiger charge is -2.32. The smallest absolute Gasteiger partial charge is 0.337 e. The molecule has 1 atom stereocenters. The van der Waals surface area contributed by atoms with Crippen LogP contribution < -0.4 is 9.47 Å². The van der Waals surface area contributed by atoms with Crippen LogP contribution in [0.25, 0.3) is 0 Å². The van der Waals surface area contributed by atoms with Crippen LogP contribution in [0.15, 0.2) is 78.9 Å². The second-order valence-corrected chi connectivity index (χ2v) is 6.38. The third kappa shape index (κ3) is 3.86. The molecule has 0 aromatic heterocycles. The number of ether oxygens (including phenoxy) is 2. The number of carbonyl (C=O) groups is 1. The predicted molar refractivity (Wildman–Crippen MR) is 104 cm³/mol. The summed E-state index contributed by atoms with van der Waals surface area (Å²) in [4.78, 5) is 11.3. The van der Waals surface area contributed by atoms with E-state index in [4.69, 9.17) is 14.6 Å². The molecule has 3 aromatic rings. The third-order valence-corrected chi connectivity index (χ3v) is 4.81. The second-order valence-electron chi connectivity index (χ2n) is 6.38. The standard InChI is InChI=1S/C23H22O4/c1-23(17-6-4-3-5-7-17,18-8-12-20(26-2)13-9-18)19-10-14-21(15-11-19)27-22(25)16-24/h3-15,24H,16H2,1-2H3. The Bertz CT molecular complexity index is 886. The van der Waals surface area contributed by atoms with Crippen molar-refractivity contribution >= 4 is 5.97 Å². The number of esters is 1. The van der Waals surface area contributed by atoms with Crippen molar-refractivity contribution in [1.82, 2.24) is 0 Å². The lowest BCUT2D eigenvalue weighted by atomic mass is 9.71. The number of benzene rings is 3. The molecule has 0 fully saturated rings. The Kier molecular flexibility index (Phi) is 5.57. The largest absolute Gasteiger partial charge is 0.497 e. The number of hydrogen-bond donors (Lipinski definition) is 1. The molecule has 1 unspecified atom stereocenters. The van der Waals surface area contributed by atoms with E-state index >= 15 is 0 Å². The lowest BCUT2D eigenvalue weighted by Crippen LogP contribution is -2.25.